The number of hydrogen-bond donors (Lipinski definition) is 1. The number of aromatic nitrogens is 5. The van der Waals surface area contributed by atoms with Gasteiger partial charge in [-0.3, -0.25) is 0 Å². The Morgan fingerprint density at radius 2 is 1.50 bits per heavy atom. The standard InChI is InChI=1S/C13H11N6.3C4H9.Sn/c1-19-9-6-12(18-19)17-13-15-8-5-11(16-13)10-4-2-3-7-14-10;3*1-3-4-2;/h2-6,8-9H,1H3,(H,15,16,17,18);3*1,3-4H2,2H3;. The number of pyridine rings is 1. The molecule has 0 saturated heterocycles. The fourth-order valence-corrected chi connectivity index (χ4v) is 19.8. The maximum atomic E-state index is 5.28. The van der Waals surface area contributed by atoms with Crippen LogP contribution in [0.25, 0.3) is 11.4 Å². The zero-order chi connectivity index (χ0) is 22.8. The summed E-state index contributed by atoms with van der Waals surface area (Å²) in [6.45, 7) is 6.95. The Hall–Kier alpha value is -1.96. The minimum atomic E-state index is -2.58. The fourth-order valence-electron chi connectivity index (χ4n) is 4.34. The predicted octanol–water partition coefficient (Wildman–Crippen LogP) is 6.07. The van der Waals surface area contributed by atoms with E-state index in [0.717, 1.165) is 17.2 Å². The van der Waals surface area contributed by atoms with Crippen LogP contribution in [0.2, 0.25) is 13.3 Å². The van der Waals surface area contributed by atoms with Gasteiger partial charge in [0.25, 0.3) is 0 Å². The molecule has 3 rings (SSSR count). The van der Waals surface area contributed by atoms with Crippen molar-refractivity contribution in [2.24, 2.45) is 7.05 Å². The van der Waals surface area contributed by atoms with Crippen LogP contribution in [-0.2, 0) is 7.05 Å². The van der Waals surface area contributed by atoms with E-state index in [9.17, 15) is 0 Å². The topological polar surface area (TPSA) is 68.5 Å². The molecule has 0 bridgehead atoms. The molecule has 172 valence electrons. The summed E-state index contributed by atoms with van der Waals surface area (Å²) in [7, 11) is 1.89. The molecular weight excluding hydrogens is 503 g/mol. The molecule has 3 aromatic heterocycles. The predicted molar refractivity (Wildman–Crippen MR) is 136 cm³/mol. The van der Waals surface area contributed by atoms with E-state index < -0.39 is 18.4 Å². The third-order valence-electron chi connectivity index (χ3n) is 6.19. The normalized spacial score (nSPS) is 11.6. The summed E-state index contributed by atoms with van der Waals surface area (Å²) in [4.78, 5) is 14.4. The Kier molecular flexibility index (Phi) is 9.50. The van der Waals surface area contributed by atoms with Crippen LogP contribution in [0.5, 0.6) is 0 Å². The van der Waals surface area contributed by atoms with Crippen molar-refractivity contribution in [1.29, 1.82) is 0 Å². The van der Waals surface area contributed by atoms with Crippen molar-refractivity contribution in [3.05, 3.63) is 42.7 Å². The number of anilines is 2. The maximum absolute atomic E-state index is 5.28. The van der Waals surface area contributed by atoms with Crippen LogP contribution in [0.1, 0.15) is 59.3 Å². The first-order valence-corrected chi connectivity index (χ1v) is 19.7. The van der Waals surface area contributed by atoms with Gasteiger partial charge in [0.1, 0.15) is 0 Å². The van der Waals surface area contributed by atoms with Gasteiger partial charge in [-0.2, -0.15) is 0 Å². The third kappa shape index (κ3) is 6.53. The molecule has 0 aromatic carbocycles. The van der Waals surface area contributed by atoms with Crippen molar-refractivity contribution < 1.29 is 0 Å². The first kappa shape index (κ1) is 24.7. The molecule has 0 aliphatic rings. The molecule has 3 heterocycles. The molecule has 0 aliphatic heterocycles. The summed E-state index contributed by atoms with van der Waals surface area (Å²) < 4.78 is 7.44. The monoisotopic (exact) mass is 542 g/mol. The van der Waals surface area contributed by atoms with Crippen molar-refractivity contribution in [3.8, 4) is 11.4 Å². The van der Waals surface area contributed by atoms with Crippen LogP contribution in [-0.4, -0.2) is 43.1 Å². The Labute approximate surface area is 197 Å². The van der Waals surface area contributed by atoms with Gasteiger partial charge in [0.15, 0.2) is 0 Å². The number of nitrogens with one attached hydrogen (secondary N) is 1. The van der Waals surface area contributed by atoms with E-state index in [1.165, 1.54) is 55.5 Å². The van der Waals surface area contributed by atoms with Gasteiger partial charge < -0.3 is 0 Å². The van der Waals surface area contributed by atoms with Gasteiger partial charge in [-0.25, -0.2) is 0 Å². The van der Waals surface area contributed by atoms with Gasteiger partial charge in [0.2, 0.25) is 0 Å². The zero-order valence-corrected chi connectivity index (χ0v) is 23.0. The molecule has 32 heavy (non-hydrogen) atoms. The molecule has 3 aromatic rings. The summed E-state index contributed by atoms with van der Waals surface area (Å²) in [6, 6.07) is 10.5. The average molecular weight is 541 g/mol. The molecule has 7 heteroatoms. The van der Waals surface area contributed by atoms with Crippen molar-refractivity contribution in [2.75, 3.05) is 5.32 Å². The second-order valence-electron chi connectivity index (χ2n) is 8.76. The Morgan fingerprint density at radius 3 is 2.09 bits per heavy atom. The van der Waals surface area contributed by atoms with Crippen LogP contribution in [0.15, 0.2) is 42.7 Å². The quantitative estimate of drug-likeness (QED) is 0.266. The molecule has 1 N–H and O–H groups in total. The van der Waals surface area contributed by atoms with Gasteiger partial charge in [-0.1, -0.05) is 0 Å². The van der Waals surface area contributed by atoms with E-state index in [2.05, 4.69) is 54.4 Å². The second kappa shape index (κ2) is 12.3. The van der Waals surface area contributed by atoms with Crippen molar-refractivity contribution >= 4 is 33.9 Å². The zero-order valence-electron chi connectivity index (χ0n) is 20.1. The molecule has 0 aliphatic carbocycles. The van der Waals surface area contributed by atoms with Crippen LogP contribution in [0.3, 0.4) is 0 Å². The van der Waals surface area contributed by atoms with Crippen LogP contribution < -0.4 is 9.03 Å². The van der Waals surface area contributed by atoms with E-state index in [0.29, 0.717) is 5.95 Å². The molecule has 6 nitrogen and oxygen atoms in total. The van der Waals surface area contributed by atoms with Crippen LogP contribution in [0, 0.1) is 0 Å². The van der Waals surface area contributed by atoms with E-state index in [1.807, 2.05) is 25.4 Å². The van der Waals surface area contributed by atoms with Crippen molar-refractivity contribution in [3.63, 3.8) is 0 Å². The van der Waals surface area contributed by atoms with E-state index >= 15 is 0 Å². The van der Waals surface area contributed by atoms with E-state index in [1.54, 1.807) is 10.9 Å². The number of hydrogen-bond acceptors (Lipinski definition) is 5. The van der Waals surface area contributed by atoms with Gasteiger partial charge in [0.05, 0.1) is 0 Å². The summed E-state index contributed by atoms with van der Waals surface area (Å²) in [6.07, 6.45) is 11.5. The molecule has 0 saturated carbocycles. The minimum absolute atomic E-state index is 0.547. The number of nitrogens with zero attached hydrogens (tertiary/aromatic N) is 5. The van der Waals surface area contributed by atoms with Crippen molar-refractivity contribution in [1.82, 2.24) is 24.7 Å². The van der Waals surface area contributed by atoms with Gasteiger partial charge in [-0.15, -0.1) is 0 Å². The third-order valence-corrected chi connectivity index (χ3v) is 21.3. The molecule has 0 unspecified atom stereocenters. The van der Waals surface area contributed by atoms with Gasteiger partial charge >= 0.3 is 198 Å². The number of unbranched alkanes of at least 4 members (excludes halogenated alkanes) is 3. The molecule has 0 amide bonds. The number of aryl methyl sites for hydroxylation is 1. The van der Waals surface area contributed by atoms with Crippen molar-refractivity contribution in [2.45, 2.75) is 72.6 Å². The summed E-state index contributed by atoms with van der Waals surface area (Å²) >= 11 is -2.58. The Morgan fingerprint density at radius 1 is 0.844 bits per heavy atom. The summed E-state index contributed by atoms with van der Waals surface area (Å²) in [5.74, 6) is 1.28. The summed E-state index contributed by atoms with van der Waals surface area (Å²) in [5.41, 5.74) is 1.82. The van der Waals surface area contributed by atoms with Crippen LogP contribution >= 0.6 is 0 Å². The molecule has 0 atom stereocenters. The average Bonchev–Trinajstić information content (AvgIpc) is 3.23. The summed E-state index contributed by atoms with van der Waals surface area (Å²) in [5, 5.41) is 7.55. The Balaban J connectivity index is 1.92. The molecule has 0 spiro atoms. The molecule has 0 fully saturated rings. The molecular formula is C25H38N6Sn. The fraction of sp³-hybridized carbons (Fsp3) is 0.520. The van der Waals surface area contributed by atoms with Gasteiger partial charge in [0, 0.05) is 0 Å². The SMILES string of the molecule is CCC[CH2][Sn]([CH2]CCC)([CH2]CCC)[c]1cccc(-c2ccnc(Nc3ccn(C)n3)n2)n1. The molecule has 0 radical (unpaired) electrons. The van der Waals surface area contributed by atoms with Gasteiger partial charge in [-0.05, 0) is 0 Å². The first-order chi connectivity index (χ1) is 15.6. The van der Waals surface area contributed by atoms with Crippen LogP contribution in [0.4, 0.5) is 11.8 Å². The first-order valence-electron chi connectivity index (χ1n) is 12.2. The Bertz CT molecular complexity index is 949. The number of rotatable bonds is 13. The van der Waals surface area contributed by atoms with E-state index in [4.69, 9.17) is 9.97 Å². The van der Waals surface area contributed by atoms with E-state index in [-0.39, 0.29) is 0 Å². The second-order valence-corrected chi connectivity index (χ2v) is 21.8.